The van der Waals surface area contributed by atoms with Crippen LogP contribution in [0.5, 0.6) is 0 Å². The topological polar surface area (TPSA) is 54.0 Å². The minimum Gasteiger partial charge on any atom is -0.335 e. The summed E-state index contributed by atoms with van der Waals surface area (Å²) in [4.78, 5) is 16.1. The van der Waals surface area contributed by atoms with Crippen LogP contribution in [0.2, 0.25) is 0 Å². The summed E-state index contributed by atoms with van der Waals surface area (Å²) in [5.41, 5.74) is 0.708. The van der Waals surface area contributed by atoms with Crippen molar-refractivity contribution in [2.45, 2.75) is 25.8 Å². The lowest BCUT2D eigenvalue weighted by atomic mass is 10.2. The van der Waals surface area contributed by atoms with Crippen LogP contribution < -0.4 is 10.6 Å². The Morgan fingerprint density at radius 2 is 2.29 bits per heavy atom. The quantitative estimate of drug-likeness (QED) is 0.901. The van der Waals surface area contributed by atoms with Gasteiger partial charge in [-0.3, -0.25) is 5.32 Å². The van der Waals surface area contributed by atoms with Gasteiger partial charge in [-0.2, -0.15) is 0 Å². The van der Waals surface area contributed by atoms with Crippen molar-refractivity contribution in [1.82, 2.24) is 10.3 Å². The van der Waals surface area contributed by atoms with Gasteiger partial charge in [-0.05, 0) is 37.8 Å². The second-order valence-electron chi connectivity index (χ2n) is 5.27. The van der Waals surface area contributed by atoms with E-state index < -0.39 is 0 Å². The molecule has 1 saturated carbocycles. The van der Waals surface area contributed by atoms with Crippen LogP contribution in [0.3, 0.4) is 0 Å². The molecule has 4 nitrogen and oxygen atoms in total. The molecule has 0 spiro atoms. The Hall–Kier alpha value is -1.95. The van der Waals surface area contributed by atoms with Crippen molar-refractivity contribution in [1.29, 1.82) is 0 Å². The van der Waals surface area contributed by atoms with E-state index in [-0.39, 0.29) is 17.9 Å². The molecular weight excluding hydrogens is 289 g/mol. The molecule has 2 amide bonds. The SMILES string of the molecule is C[C@H](NC(=O)Nc1csc(-c2cccc(F)c2)n1)C1CC1. The van der Waals surface area contributed by atoms with Crippen molar-refractivity contribution in [3.8, 4) is 10.6 Å². The molecule has 0 saturated heterocycles. The summed E-state index contributed by atoms with van der Waals surface area (Å²) in [6.45, 7) is 2.01. The van der Waals surface area contributed by atoms with E-state index >= 15 is 0 Å². The number of thiazole rings is 1. The highest BCUT2D eigenvalue weighted by molar-refractivity contribution is 7.13. The normalized spacial score (nSPS) is 15.5. The molecule has 1 heterocycles. The molecule has 2 N–H and O–H groups in total. The summed E-state index contributed by atoms with van der Waals surface area (Å²) in [5.74, 6) is 0.794. The number of halogens is 1. The van der Waals surface area contributed by atoms with E-state index in [0.717, 1.165) is 0 Å². The molecule has 1 fully saturated rings. The molecule has 1 atom stereocenters. The lowest BCUT2D eigenvalue weighted by molar-refractivity contribution is 0.248. The second-order valence-corrected chi connectivity index (χ2v) is 6.13. The molecule has 0 unspecified atom stereocenters. The van der Waals surface area contributed by atoms with Crippen molar-refractivity contribution in [2.24, 2.45) is 5.92 Å². The number of benzene rings is 1. The van der Waals surface area contributed by atoms with Crippen LogP contribution in [0, 0.1) is 11.7 Å². The number of amides is 2. The molecule has 3 rings (SSSR count). The third kappa shape index (κ3) is 3.58. The third-order valence-electron chi connectivity index (χ3n) is 3.51. The van der Waals surface area contributed by atoms with Crippen molar-refractivity contribution < 1.29 is 9.18 Å². The Labute approximate surface area is 126 Å². The minimum atomic E-state index is -0.298. The zero-order valence-corrected chi connectivity index (χ0v) is 12.4. The molecule has 110 valence electrons. The summed E-state index contributed by atoms with van der Waals surface area (Å²) in [7, 11) is 0. The Morgan fingerprint density at radius 3 is 3.00 bits per heavy atom. The van der Waals surface area contributed by atoms with Crippen molar-refractivity contribution in [3.63, 3.8) is 0 Å². The first-order valence-corrected chi connectivity index (χ1v) is 7.79. The van der Waals surface area contributed by atoms with Gasteiger partial charge in [0.1, 0.15) is 16.6 Å². The minimum absolute atomic E-state index is 0.186. The Balaban J connectivity index is 1.63. The largest absolute Gasteiger partial charge is 0.335 e. The van der Waals surface area contributed by atoms with Gasteiger partial charge in [-0.25, -0.2) is 14.2 Å². The maximum absolute atomic E-state index is 13.2. The number of nitrogens with one attached hydrogen (secondary N) is 2. The average Bonchev–Trinajstić information content (AvgIpc) is 3.19. The van der Waals surface area contributed by atoms with Crippen molar-refractivity contribution >= 4 is 23.2 Å². The van der Waals surface area contributed by atoms with E-state index in [4.69, 9.17) is 0 Å². The number of carbonyl (C=O) groups is 1. The summed E-state index contributed by atoms with van der Waals surface area (Å²) in [6.07, 6.45) is 2.36. The molecule has 21 heavy (non-hydrogen) atoms. The van der Waals surface area contributed by atoms with Crippen LogP contribution in [-0.4, -0.2) is 17.1 Å². The Kier molecular flexibility index (Phi) is 3.88. The first-order chi connectivity index (χ1) is 10.1. The number of rotatable bonds is 4. The molecule has 0 bridgehead atoms. The zero-order valence-electron chi connectivity index (χ0n) is 11.6. The predicted molar refractivity (Wildman–Crippen MR) is 81.8 cm³/mol. The van der Waals surface area contributed by atoms with E-state index in [1.807, 2.05) is 6.92 Å². The highest BCUT2D eigenvalue weighted by Gasteiger charge is 2.28. The van der Waals surface area contributed by atoms with Gasteiger partial charge in [0.2, 0.25) is 0 Å². The van der Waals surface area contributed by atoms with Crippen LogP contribution in [0.25, 0.3) is 10.6 Å². The summed E-state index contributed by atoms with van der Waals surface area (Å²) in [6, 6.07) is 6.20. The number of aromatic nitrogens is 1. The molecule has 1 aliphatic rings. The number of urea groups is 1. The van der Waals surface area contributed by atoms with Crippen molar-refractivity contribution in [3.05, 3.63) is 35.5 Å². The van der Waals surface area contributed by atoms with Crippen molar-refractivity contribution in [2.75, 3.05) is 5.32 Å². The van der Waals surface area contributed by atoms with Gasteiger partial charge in [-0.15, -0.1) is 11.3 Å². The molecular formula is C15H16FN3OS. The van der Waals surface area contributed by atoms with E-state index in [1.54, 1.807) is 17.5 Å². The van der Waals surface area contributed by atoms with Crippen LogP contribution >= 0.6 is 11.3 Å². The van der Waals surface area contributed by atoms with Gasteiger partial charge in [-0.1, -0.05) is 12.1 Å². The van der Waals surface area contributed by atoms with Gasteiger partial charge in [0.25, 0.3) is 0 Å². The van der Waals surface area contributed by atoms with Gasteiger partial charge in [0.15, 0.2) is 0 Å². The fraction of sp³-hybridized carbons (Fsp3) is 0.333. The van der Waals surface area contributed by atoms with E-state index in [2.05, 4.69) is 15.6 Å². The fourth-order valence-electron chi connectivity index (χ4n) is 2.16. The van der Waals surface area contributed by atoms with Crippen LogP contribution in [0.15, 0.2) is 29.6 Å². The van der Waals surface area contributed by atoms with Crippen LogP contribution in [0.4, 0.5) is 15.0 Å². The molecule has 0 radical (unpaired) electrons. The first-order valence-electron chi connectivity index (χ1n) is 6.91. The molecule has 0 aliphatic heterocycles. The third-order valence-corrected chi connectivity index (χ3v) is 4.40. The molecule has 1 aromatic heterocycles. The first kappa shape index (κ1) is 14.0. The number of carbonyl (C=O) groups excluding carboxylic acids is 1. The van der Waals surface area contributed by atoms with Gasteiger partial charge in [0, 0.05) is 17.0 Å². The van der Waals surface area contributed by atoms with Gasteiger partial charge in [0.05, 0.1) is 0 Å². The average molecular weight is 305 g/mol. The van der Waals surface area contributed by atoms with E-state index in [0.29, 0.717) is 22.3 Å². The summed E-state index contributed by atoms with van der Waals surface area (Å²) < 4.78 is 13.2. The number of hydrogen-bond donors (Lipinski definition) is 2. The Bertz CT molecular complexity index is 654. The van der Waals surface area contributed by atoms with Crippen LogP contribution in [0.1, 0.15) is 19.8 Å². The smallest absolute Gasteiger partial charge is 0.320 e. The molecule has 6 heteroatoms. The molecule has 1 aliphatic carbocycles. The summed E-state index contributed by atoms with van der Waals surface area (Å²) in [5, 5.41) is 8.05. The molecule has 1 aromatic carbocycles. The van der Waals surface area contributed by atoms with Gasteiger partial charge < -0.3 is 5.32 Å². The summed E-state index contributed by atoms with van der Waals surface area (Å²) >= 11 is 1.37. The molecule has 2 aromatic rings. The van der Waals surface area contributed by atoms with Crippen LogP contribution in [-0.2, 0) is 0 Å². The highest BCUT2D eigenvalue weighted by Crippen LogP contribution is 2.32. The number of nitrogens with zero attached hydrogens (tertiary/aromatic N) is 1. The van der Waals surface area contributed by atoms with Gasteiger partial charge >= 0.3 is 6.03 Å². The lowest BCUT2D eigenvalue weighted by Crippen LogP contribution is -2.37. The Morgan fingerprint density at radius 1 is 1.48 bits per heavy atom. The monoisotopic (exact) mass is 305 g/mol. The zero-order chi connectivity index (χ0) is 14.8. The predicted octanol–water partition coefficient (Wildman–Crippen LogP) is 3.87. The second kappa shape index (κ2) is 5.81. The van der Waals surface area contributed by atoms with E-state index in [1.165, 1.54) is 36.3 Å². The highest BCUT2D eigenvalue weighted by atomic mass is 32.1. The lowest BCUT2D eigenvalue weighted by Gasteiger charge is -2.12. The number of hydrogen-bond acceptors (Lipinski definition) is 3. The number of anilines is 1. The fourth-order valence-corrected chi connectivity index (χ4v) is 2.91. The maximum atomic E-state index is 13.2. The maximum Gasteiger partial charge on any atom is 0.320 e. The standard InChI is InChI=1S/C15H16FN3OS/c1-9(10-5-6-10)17-15(20)19-13-8-21-14(18-13)11-3-2-4-12(16)7-11/h2-4,7-10H,5-6H2,1H3,(H2,17,19,20)/t9-/m0/s1. The van der Waals surface area contributed by atoms with E-state index in [9.17, 15) is 9.18 Å².